The molecule has 0 aliphatic rings. The molecule has 0 amide bonds. The average molecular weight is 507 g/mol. The fraction of sp³-hybridized carbons (Fsp3) is 0.857. The van der Waals surface area contributed by atoms with Gasteiger partial charge in [0, 0.05) is 47.3 Å². The molecule has 0 saturated heterocycles. The molecule has 0 spiro atoms. The summed E-state index contributed by atoms with van der Waals surface area (Å²) in [5.41, 5.74) is 0. The van der Waals surface area contributed by atoms with Crippen molar-refractivity contribution in [3.63, 3.8) is 0 Å². The molecule has 0 aliphatic carbocycles. The quantitative estimate of drug-likeness (QED) is 0.0897. The van der Waals surface area contributed by atoms with Crippen LogP contribution in [0.1, 0.15) is 12.8 Å². The Morgan fingerprint density at radius 2 is 1.12 bits per heavy atom. The first kappa shape index (κ1) is 27.8. The summed E-state index contributed by atoms with van der Waals surface area (Å²) in [6.45, 7) is 0. The molecule has 0 bridgehead atoms. The Balaban J connectivity index is 4.04. The van der Waals surface area contributed by atoms with E-state index < -0.39 is 0 Å². The molecule has 0 rings (SSSR count). The average Bonchev–Trinajstić information content (AvgIpc) is 2.60. The summed E-state index contributed by atoms with van der Waals surface area (Å²) in [4.78, 5) is 0. The highest BCUT2D eigenvalue weighted by atomic mass is 33.7. The number of hydrogen-bond donors (Lipinski definition) is 0. The molecule has 0 aromatic heterocycles. The van der Waals surface area contributed by atoms with Crippen molar-refractivity contribution in [1.29, 1.82) is 0 Å². The van der Waals surface area contributed by atoms with E-state index in [4.69, 9.17) is 8.85 Å². The van der Waals surface area contributed by atoms with Crippen LogP contribution in [0.4, 0.5) is 0 Å². The van der Waals surface area contributed by atoms with Crippen LogP contribution in [0.25, 0.3) is 0 Å². The van der Waals surface area contributed by atoms with Gasteiger partial charge in [0.2, 0.25) is 19.5 Å². The predicted octanol–water partition coefficient (Wildman–Crippen LogP) is 4.53. The molecule has 26 heavy (non-hydrogen) atoms. The van der Waals surface area contributed by atoms with Gasteiger partial charge in [-0.3, -0.25) is 0 Å². The van der Waals surface area contributed by atoms with Crippen LogP contribution in [-0.4, -0.2) is 91.3 Å². The summed E-state index contributed by atoms with van der Waals surface area (Å²) in [6.07, 6.45) is 2.42. The Hall–Kier alpha value is 1.79. The Bertz CT molecular complexity index is 384. The van der Waals surface area contributed by atoms with E-state index in [1.807, 2.05) is 64.8 Å². The zero-order valence-corrected chi connectivity index (χ0v) is 23.3. The van der Waals surface area contributed by atoms with Crippen molar-refractivity contribution >= 4 is 93.0 Å². The summed E-state index contributed by atoms with van der Waals surface area (Å²) >= 11 is 3.89. The summed E-state index contributed by atoms with van der Waals surface area (Å²) in [5, 5.41) is 0. The van der Waals surface area contributed by atoms with Crippen LogP contribution < -0.4 is 0 Å². The van der Waals surface area contributed by atoms with Crippen LogP contribution in [0.5, 0.6) is 0 Å². The van der Waals surface area contributed by atoms with E-state index in [0.29, 0.717) is 19.5 Å². The SMILES string of the molecule is CO[Si]CCCSC(SSSSC(SCCC[Si]OC)=[N+](C)C)=[N+](C)C. The lowest BCUT2D eigenvalue weighted by Crippen LogP contribution is -2.06. The lowest BCUT2D eigenvalue weighted by Gasteiger charge is -2.04. The second-order valence-electron chi connectivity index (χ2n) is 5.22. The van der Waals surface area contributed by atoms with Crippen LogP contribution in [0, 0.1) is 0 Å². The van der Waals surface area contributed by atoms with Gasteiger partial charge >= 0.3 is 0 Å². The Labute approximate surface area is 188 Å². The maximum atomic E-state index is 5.14. The van der Waals surface area contributed by atoms with Crippen LogP contribution in [0.3, 0.4) is 0 Å². The Morgan fingerprint density at radius 3 is 1.42 bits per heavy atom. The minimum Gasteiger partial charge on any atom is -0.421 e. The first-order valence-electron chi connectivity index (χ1n) is 8.06. The van der Waals surface area contributed by atoms with Gasteiger partial charge in [-0.05, 0) is 68.1 Å². The highest BCUT2D eigenvalue weighted by Gasteiger charge is 2.15. The normalized spacial score (nSPS) is 10.8. The third-order valence-corrected chi connectivity index (χ3v) is 14.3. The molecule has 4 radical (unpaired) electrons. The summed E-state index contributed by atoms with van der Waals surface area (Å²) < 4.78 is 17.4. The van der Waals surface area contributed by atoms with Crippen LogP contribution in [-0.2, 0) is 8.85 Å². The molecule has 0 N–H and O–H groups in total. The van der Waals surface area contributed by atoms with Gasteiger partial charge in [-0.1, -0.05) is 0 Å². The molecule has 12 heteroatoms. The molecular weight excluding hydrogens is 477 g/mol. The number of thioether (sulfide) groups is 2. The van der Waals surface area contributed by atoms with E-state index in [9.17, 15) is 0 Å². The third kappa shape index (κ3) is 16.7. The minimum absolute atomic E-state index is 0.635. The van der Waals surface area contributed by atoms with E-state index >= 15 is 0 Å². The molecule has 0 saturated carbocycles. The van der Waals surface area contributed by atoms with Crippen molar-refractivity contribution in [3.8, 4) is 0 Å². The van der Waals surface area contributed by atoms with Crippen molar-refractivity contribution in [2.45, 2.75) is 24.9 Å². The number of hydrogen-bond acceptors (Lipinski definition) is 8. The topological polar surface area (TPSA) is 24.5 Å². The van der Waals surface area contributed by atoms with Crippen LogP contribution in [0.15, 0.2) is 0 Å². The maximum Gasteiger partial charge on any atom is 0.281 e. The predicted molar refractivity (Wildman–Crippen MR) is 134 cm³/mol. The molecule has 0 atom stereocenters. The smallest absolute Gasteiger partial charge is 0.281 e. The van der Waals surface area contributed by atoms with Crippen molar-refractivity contribution in [2.24, 2.45) is 0 Å². The van der Waals surface area contributed by atoms with Crippen molar-refractivity contribution in [2.75, 3.05) is 53.9 Å². The molecule has 0 unspecified atom stereocenters. The van der Waals surface area contributed by atoms with Gasteiger partial charge in [-0.25, -0.2) is 9.15 Å². The first-order valence-corrected chi connectivity index (χ1v) is 17.1. The first-order chi connectivity index (χ1) is 12.5. The summed E-state index contributed by atoms with van der Waals surface area (Å²) in [7, 11) is 20.7. The van der Waals surface area contributed by atoms with Gasteiger partial charge in [0.1, 0.15) is 28.2 Å². The molecule has 150 valence electrons. The largest absolute Gasteiger partial charge is 0.421 e. The molecule has 0 aromatic rings. The van der Waals surface area contributed by atoms with E-state index in [1.54, 1.807) is 14.2 Å². The molecular formula is C14H30N2O2S6Si2+2. The van der Waals surface area contributed by atoms with Gasteiger partial charge in [0.15, 0.2) is 0 Å². The van der Waals surface area contributed by atoms with Gasteiger partial charge in [-0.2, -0.15) is 0 Å². The van der Waals surface area contributed by atoms with E-state index in [-0.39, 0.29) is 0 Å². The molecule has 0 fully saturated rings. The molecule has 0 heterocycles. The van der Waals surface area contributed by atoms with E-state index in [1.165, 1.54) is 21.6 Å². The second kappa shape index (κ2) is 20.1. The number of rotatable bonds is 13. The van der Waals surface area contributed by atoms with Gasteiger partial charge in [-0.15, -0.1) is 0 Å². The van der Waals surface area contributed by atoms with Crippen LogP contribution in [0.2, 0.25) is 12.1 Å². The van der Waals surface area contributed by atoms with Crippen molar-refractivity contribution in [3.05, 3.63) is 0 Å². The van der Waals surface area contributed by atoms with Crippen molar-refractivity contribution < 1.29 is 18.0 Å². The van der Waals surface area contributed by atoms with E-state index in [2.05, 4.69) is 37.3 Å². The van der Waals surface area contributed by atoms with Gasteiger partial charge < -0.3 is 8.85 Å². The second-order valence-corrected chi connectivity index (χ2v) is 15.9. The van der Waals surface area contributed by atoms with Crippen LogP contribution >= 0.6 is 64.8 Å². The Morgan fingerprint density at radius 1 is 0.731 bits per heavy atom. The fourth-order valence-corrected chi connectivity index (χ4v) is 12.5. The zero-order chi connectivity index (χ0) is 19.6. The maximum absolute atomic E-state index is 5.14. The zero-order valence-electron chi connectivity index (χ0n) is 16.4. The highest BCUT2D eigenvalue weighted by Crippen LogP contribution is 2.47. The third-order valence-electron chi connectivity index (χ3n) is 2.55. The summed E-state index contributed by atoms with van der Waals surface area (Å²) in [6, 6.07) is 2.33. The monoisotopic (exact) mass is 506 g/mol. The fourth-order valence-electron chi connectivity index (χ4n) is 1.35. The lowest BCUT2D eigenvalue weighted by atomic mass is 10.6. The highest BCUT2D eigenvalue weighted by molar-refractivity contribution is 9.30. The van der Waals surface area contributed by atoms with Gasteiger partial charge in [0.25, 0.3) is 8.75 Å². The summed E-state index contributed by atoms with van der Waals surface area (Å²) in [5.74, 6) is 2.31. The standard InChI is InChI=1S/C14H30N2O2S6Si2/c1-15(2)13(19-9-7-11-25-17-5)21-23-24-22-14(16(3)4)20-10-8-12-26-18-6/h7-12H2,1-6H3/q+2. The minimum atomic E-state index is 0.635. The van der Waals surface area contributed by atoms with Gasteiger partial charge in [0.05, 0.1) is 0 Å². The number of nitrogens with zero attached hydrogens (tertiary/aromatic N) is 2. The Kier molecular flexibility index (Phi) is 21.5. The van der Waals surface area contributed by atoms with E-state index in [0.717, 1.165) is 23.6 Å². The molecule has 4 nitrogen and oxygen atoms in total. The lowest BCUT2D eigenvalue weighted by molar-refractivity contribution is -0.458. The molecule has 0 aliphatic heterocycles. The van der Waals surface area contributed by atoms with Crippen molar-refractivity contribution in [1.82, 2.24) is 0 Å². The molecule has 0 aromatic carbocycles.